The van der Waals surface area contributed by atoms with E-state index in [4.69, 9.17) is 21.4 Å². The first-order chi connectivity index (χ1) is 10.9. The van der Waals surface area contributed by atoms with Gasteiger partial charge < -0.3 is 15.2 Å². The van der Waals surface area contributed by atoms with Gasteiger partial charge in [-0.05, 0) is 24.6 Å². The molecule has 1 fully saturated rings. The van der Waals surface area contributed by atoms with Crippen LogP contribution in [0.2, 0.25) is 5.02 Å². The van der Waals surface area contributed by atoms with Crippen molar-refractivity contribution in [3.05, 3.63) is 28.5 Å². The van der Waals surface area contributed by atoms with E-state index in [0.717, 1.165) is 6.07 Å². The number of alkyl halides is 2. The van der Waals surface area contributed by atoms with Gasteiger partial charge in [-0.15, -0.1) is 12.4 Å². The Balaban J connectivity index is 0.00000288. The zero-order valence-corrected chi connectivity index (χ0v) is 14.8. The van der Waals surface area contributed by atoms with Crippen molar-refractivity contribution in [2.75, 3.05) is 39.4 Å². The number of ether oxygens (including phenoxy) is 1. The van der Waals surface area contributed by atoms with Crippen LogP contribution in [-0.2, 0) is 0 Å². The smallest absolute Gasteiger partial charge is 0.289 e. The number of piperazine rings is 1. The molecular weight excluding hydrogens is 368 g/mol. The fourth-order valence-corrected chi connectivity index (χ4v) is 3.04. The largest absolute Gasteiger partial charge is 0.489 e. The number of hydrogen-bond donors (Lipinski definition) is 2. The summed E-state index contributed by atoms with van der Waals surface area (Å²) in [7, 11) is 0. The molecule has 1 saturated heterocycles. The predicted octanol–water partition coefficient (Wildman–Crippen LogP) is 2.87. The zero-order valence-electron chi connectivity index (χ0n) is 13.2. The third-order valence-electron chi connectivity index (χ3n) is 3.75. The Morgan fingerprint density at radius 2 is 2.00 bits per heavy atom. The molecule has 1 aromatic carbocycles. The Hall–Kier alpha value is -0.730. The van der Waals surface area contributed by atoms with Crippen molar-refractivity contribution < 1.29 is 23.0 Å². The van der Waals surface area contributed by atoms with Crippen LogP contribution in [0.1, 0.15) is 18.5 Å². The summed E-state index contributed by atoms with van der Waals surface area (Å²) in [6.07, 6.45) is 0. The summed E-state index contributed by atoms with van der Waals surface area (Å²) in [6, 6.07) is 0.844. The van der Waals surface area contributed by atoms with E-state index >= 15 is 0 Å². The van der Waals surface area contributed by atoms with Gasteiger partial charge in [-0.2, -0.15) is 0 Å². The van der Waals surface area contributed by atoms with Gasteiger partial charge in [-0.1, -0.05) is 11.6 Å². The van der Waals surface area contributed by atoms with Gasteiger partial charge in [0.05, 0.1) is 11.6 Å². The van der Waals surface area contributed by atoms with Crippen LogP contribution >= 0.6 is 24.0 Å². The van der Waals surface area contributed by atoms with Crippen molar-refractivity contribution in [3.8, 4) is 5.75 Å². The summed E-state index contributed by atoms with van der Waals surface area (Å²) in [4.78, 5) is 1.53. The Kier molecular flexibility index (Phi) is 8.08. The number of aliphatic hydroxyl groups excluding tert-OH is 1. The molecule has 1 heterocycles. The summed E-state index contributed by atoms with van der Waals surface area (Å²) >= 11 is 5.99. The van der Waals surface area contributed by atoms with E-state index in [0.29, 0.717) is 26.2 Å². The van der Waals surface area contributed by atoms with Crippen LogP contribution in [0.25, 0.3) is 0 Å². The quantitative estimate of drug-likeness (QED) is 0.786. The topological polar surface area (TPSA) is 44.7 Å². The third-order valence-corrected chi connectivity index (χ3v) is 4.03. The molecule has 0 saturated carbocycles. The van der Waals surface area contributed by atoms with Gasteiger partial charge in [0.2, 0.25) is 0 Å². The summed E-state index contributed by atoms with van der Waals surface area (Å²) in [5, 5.41) is 12.1. The van der Waals surface area contributed by atoms with Gasteiger partial charge in [0, 0.05) is 26.2 Å². The van der Waals surface area contributed by atoms with Crippen LogP contribution < -0.4 is 10.1 Å². The number of nitrogens with zero attached hydrogens (tertiary/aromatic N) is 1. The minimum absolute atomic E-state index is 0. The minimum Gasteiger partial charge on any atom is -0.489 e. The van der Waals surface area contributed by atoms with E-state index in [9.17, 15) is 13.2 Å². The van der Waals surface area contributed by atoms with Gasteiger partial charge in [0.1, 0.15) is 12.6 Å². The second kappa shape index (κ2) is 9.10. The lowest BCUT2D eigenvalue weighted by Crippen LogP contribution is -2.51. The molecule has 1 aromatic rings. The van der Waals surface area contributed by atoms with Gasteiger partial charge >= 0.3 is 0 Å². The normalized spacial score (nSPS) is 17.2. The summed E-state index contributed by atoms with van der Waals surface area (Å²) in [6.45, 7) is 2.39. The Labute approximate surface area is 150 Å². The lowest BCUT2D eigenvalue weighted by Gasteiger charge is -2.38. The van der Waals surface area contributed by atoms with Crippen LogP contribution in [0.5, 0.6) is 5.75 Å². The Morgan fingerprint density at radius 3 is 2.50 bits per heavy atom. The van der Waals surface area contributed by atoms with Crippen molar-refractivity contribution in [1.29, 1.82) is 0 Å². The first-order valence-corrected chi connectivity index (χ1v) is 7.83. The van der Waals surface area contributed by atoms with Crippen LogP contribution in [0, 0.1) is 5.82 Å². The maximum absolute atomic E-state index is 14.3. The van der Waals surface area contributed by atoms with Crippen molar-refractivity contribution in [1.82, 2.24) is 10.2 Å². The Bertz CT molecular complexity index is 520. The molecular formula is C15H21Cl2F3N2O2. The maximum Gasteiger partial charge on any atom is 0.289 e. The van der Waals surface area contributed by atoms with Crippen molar-refractivity contribution >= 4 is 24.0 Å². The highest BCUT2D eigenvalue weighted by Crippen LogP contribution is 2.40. The highest BCUT2D eigenvalue weighted by atomic mass is 35.5. The zero-order chi connectivity index (χ0) is 17.0. The molecule has 1 aliphatic rings. The molecule has 2 N–H and O–H groups in total. The minimum atomic E-state index is -3.42. The Morgan fingerprint density at radius 1 is 1.38 bits per heavy atom. The molecule has 0 radical (unpaired) electrons. The van der Waals surface area contributed by atoms with E-state index in [1.54, 1.807) is 6.92 Å². The first kappa shape index (κ1) is 21.3. The SMILES string of the molecule is CCOc1c(F)cc([C@@H](N2CCNCC2)C(F)(F)CO)cc1Cl.Cl. The number of benzene rings is 1. The van der Waals surface area contributed by atoms with Crippen LogP contribution in [0.3, 0.4) is 0 Å². The molecule has 0 amide bonds. The molecule has 0 aliphatic carbocycles. The average Bonchev–Trinajstić information content (AvgIpc) is 2.52. The molecule has 1 aliphatic heterocycles. The van der Waals surface area contributed by atoms with E-state index in [1.165, 1.54) is 11.0 Å². The highest BCUT2D eigenvalue weighted by molar-refractivity contribution is 6.32. The van der Waals surface area contributed by atoms with Gasteiger partial charge in [-0.3, -0.25) is 4.90 Å². The predicted molar refractivity (Wildman–Crippen MR) is 89.0 cm³/mol. The van der Waals surface area contributed by atoms with Gasteiger partial charge in [0.15, 0.2) is 11.6 Å². The third kappa shape index (κ3) is 4.67. The molecule has 24 heavy (non-hydrogen) atoms. The second-order valence-corrected chi connectivity index (χ2v) is 5.76. The molecule has 0 unspecified atom stereocenters. The van der Waals surface area contributed by atoms with Crippen LogP contribution in [0.15, 0.2) is 12.1 Å². The molecule has 1 atom stereocenters. The van der Waals surface area contributed by atoms with Crippen LogP contribution in [-0.4, -0.2) is 55.3 Å². The first-order valence-electron chi connectivity index (χ1n) is 7.46. The maximum atomic E-state index is 14.3. The number of nitrogens with one attached hydrogen (secondary N) is 1. The molecule has 2 rings (SSSR count). The standard InChI is InChI=1S/C15H20ClF3N2O2.ClH/c1-2-23-13-11(16)7-10(8-12(13)17)14(15(18,19)9-22)21-5-3-20-4-6-21;/h7-8,14,20,22H,2-6,9H2,1H3;1H/t14-;/m1./s1. The van der Waals surface area contributed by atoms with E-state index < -0.39 is 24.4 Å². The summed E-state index contributed by atoms with van der Waals surface area (Å²) < 4.78 is 47.8. The monoisotopic (exact) mass is 388 g/mol. The fraction of sp³-hybridized carbons (Fsp3) is 0.600. The molecule has 138 valence electrons. The highest BCUT2D eigenvalue weighted by Gasteiger charge is 2.44. The molecule has 0 aromatic heterocycles. The van der Waals surface area contributed by atoms with Gasteiger partial charge in [0.25, 0.3) is 5.92 Å². The van der Waals surface area contributed by atoms with Gasteiger partial charge in [-0.25, -0.2) is 13.2 Å². The lowest BCUT2D eigenvalue weighted by atomic mass is 9.98. The van der Waals surface area contributed by atoms with Crippen LogP contribution in [0.4, 0.5) is 13.2 Å². The average molecular weight is 389 g/mol. The lowest BCUT2D eigenvalue weighted by molar-refractivity contribution is -0.118. The number of aliphatic hydroxyl groups is 1. The van der Waals surface area contributed by atoms with E-state index in [2.05, 4.69) is 5.32 Å². The second-order valence-electron chi connectivity index (χ2n) is 5.35. The fourth-order valence-electron chi connectivity index (χ4n) is 2.77. The van der Waals surface area contributed by atoms with Crippen molar-refractivity contribution in [3.63, 3.8) is 0 Å². The van der Waals surface area contributed by atoms with E-state index in [-0.39, 0.29) is 35.3 Å². The van der Waals surface area contributed by atoms with E-state index in [1.807, 2.05) is 0 Å². The molecule has 9 heteroatoms. The number of rotatable bonds is 6. The number of hydrogen-bond acceptors (Lipinski definition) is 4. The number of halogens is 5. The molecule has 4 nitrogen and oxygen atoms in total. The van der Waals surface area contributed by atoms with Crippen molar-refractivity contribution in [2.45, 2.75) is 18.9 Å². The summed E-state index contributed by atoms with van der Waals surface area (Å²) in [5.74, 6) is -4.35. The van der Waals surface area contributed by atoms with Crippen molar-refractivity contribution in [2.24, 2.45) is 0 Å². The summed E-state index contributed by atoms with van der Waals surface area (Å²) in [5.41, 5.74) is 0.0249. The molecule has 0 bridgehead atoms. The molecule has 0 spiro atoms.